The lowest BCUT2D eigenvalue weighted by atomic mass is 9.84. The molecule has 7 nitrogen and oxygen atoms in total. The topological polar surface area (TPSA) is 89.9 Å². The Morgan fingerprint density at radius 1 is 0.909 bits per heavy atom. The summed E-state index contributed by atoms with van der Waals surface area (Å²) in [6.45, 7) is 0.711. The number of benzene rings is 1. The molecule has 4 aliphatic carbocycles. The summed E-state index contributed by atoms with van der Waals surface area (Å²) < 4.78 is 7.17. The summed E-state index contributed by atoms with van der Waals surface area (Å²) in [7, 11) is 1.67. The molecule has 2 spiro atoms. The van der Waals surface area contributed by atoms with Gasteiger partial charge in [0.15, 0.2) is 11.6 Å². The first-order valence-corrected chi connectivity index (χ1v) is 11.7. The van der Waals surface area contributed by atoms with Gasteiger partial charge in [0.05, 0.1) is 42.9 Å². The van der Waals surface area contributed by atoms with Crippen molar-refractivity contribution in [1.82, 2.24) is 20.0 Å². The van der Waals surface area contributed by atoms with Gasteiger partial charge in [0.1, 0.15) is 5.75 Å². The second kappa shape index (κ2) is 7.40. The van der Waals surface area contributed by atoms with Crippen LogP contribution in [0, 0.1) is 10.8 Å². The fourth-order valence-corrected chi connectivity index (χ4v) is 5.35. The van der Waals surface area contributed by atoms with Gasteiger partial charge in [-0.15, -0.1) is 0 Å². The lowest BCUT2D eigenvalue weighted by Gasteiger charge is -2.21. The number of aromatic amines is 1. The van der Waals surface area contributed by atoms with E-state index in [4.69, 9.17) is 4.74 Å². The number of fused-ring (bicyclic) bond motifs is 2. The molecule has 0 bridgehead atoms. The van der Waals surface area contributed by atoms with Crippen molar-refractivity contribution in [3.63, 3.8) is 0 Å². The molecular formula is C26H28N4O3. The van der Waals surface area contributed by atoms with Crippen molar-refractivity contribution >= 4 is 11.6 Å². The Morgan fingerprint density at radius 2 is 1.58 bits per heavy atom. The van der Waals surface area contributed by atoms with Crippen molar-refractivity contribution in [2.45, 2.75) is 57.9 Å². The number of carbonyl (C=O) groups excluding carboxylic acids is 2. The second-order valence-electron chi connectivity index (χ2n) is 10.3. The minimum atomic E-state index is 0.266. The Morgan fingerprint density at radius 3 is 2.24 bits per heavy atom. The molecule has 7 heteroatoms. The molecule has 0 aliphatic heterocycles. The highest BCUT2D eigenvalue weighted by atomic mass is 16.5. The summed E-state index contributed by atoms with van der Waals surface area (Å²) >= 11 is 0. The number of ketones is 2. The van der Waals surface area contributed by atoms with Gasteiger partial charge in [-0.2, -0.15) is 10.2 Å². The number of ether oxygens (including phenoxy) is 1. The van der Waals surface area contributed by atoms with Gasteiger partial charge in [-0.25, -0.2) is 0 Å². The molecule has 0 atom stereocenters. The summed E-state index contributed by atoms with van der Waals surface area (Å²) in [6.07, 6.45) is 11.7. The molecule has 1 aromatic carbocycles. The maximum Gasteiger partial charge on any atom is 0.166 e. The average Bonchev–Trinajstić information content (AvgIpc) is 3.61. The Balaban J connectivity index is 0.000000145. The largest absolute Gasteiger partial charge is 0.497 e. The van der Waals surface area contributed by atoms with Crippen LogP contribution in [0.5, 0.6) is 5.75 Å². The number of hydrogen-bond acceptors (Lipinski definition) is 5. The number of methoxy groups -OCH3 is 1. The van der Waals surface area contributed by atoms with Crippen LogP contribution in [0.15, 0.2) is 36.7 Å². The van der Waals surface area contributed by atoms with Gasteiger partial charge in [-0.3, -0.25) is 19.4 Å². The van der Waals surface area contributed by atoms with Gasteiger partial charge in [-0.1, -0.05) is 12.1 Å². The van der Waals surface area contributed by atoms with Crippen molar-refractivity contribution in [2.24, 2.45) is 10.8 Å². The molecule has 2 saturated carbocycles. The Kier molecular flexibility index (Phi) is 4.57. The molecule has 4 aliphatic rings. The SMILES string of the molecule is COc1ccc(Cn2ncc3c2CC2(CC2)CC3=O)cc1.O=C1CC2(CC2)Cc2[nH]ncc21. The Hall–Kier alpha value is -3.22. The zero-order valence-electron chi connectivity index (χ0n) is 18.9. The molecule has 0 saturated heterocycles. The zero-order chi connectivity index (χ0) is 22.6. The molecule has 2 heterocycles. The van der Waals surface area contributed by atoms with Crippen LogP contribution in [0.4, 0.5) is 0 Å². The van der Waals surface area contributed by atoms with Crippen molar-refractivity contribution < 1.29 is 14.3 Å². The number of H-pyrrole nitrogens is 1. The van der Waals surface area contributed by atoms with Crippen molar-refractivity contribution in [1.29, 1.82) is 0 Å². The highest BCUT2D eigenvalue weighted by Crippen LogP contribution is 2.55. The lowest BCUT2D eigenvalue weighted by Crippen LogP contribution is -2.23. The van der Waals surface area contributed by atoms with E-state index in [1.165, 1.54) is 31.2 Å². The van der Waals surface area contributed by atoms with E-state index >= 15 is 0 Å². The van der Waals surface area contributed by atoms with E-state index < -0.39 is 0 Å². The number of Topliss-reactive ketones (excluding diaryl/α,β-unsaturated/α-hetero) is 2. The molecule has 2 fully saturated rings. The number of nitrogens with one attached hydrogen (secondary N) is 1. The number of hydrogen-bond donors (Lipinski definition) is 1. The van der Waals surface area contributed by atoms with Gasteiger partial charge >= 0.3 is 0 Å². The third-order valence-electron chi connectivity index (χ3n) is 7.84. The van der Waals surface area contributed by atoms with Crippen LogP contribution < -0.4 is 4.74 Å². The van der Waals surface area contributed by atoms with Gasteiger partial charge < -0.3 is 4.74 Å². The summed E-state index contributed by atoms with van der Waals surface area (Å²) in [4.78, 5) is 23.8. The standard InChI is InChI=1S/C17H18N2O2.C9H10N2O/c1-21-13-4-2-12(3-5-13)11-19-15-8-17(6-7-17)9-16(20)14(15)10-18-19;12-8-4-9(1-2-9)3-7-6(8)5-10-11-7/h2-5,10H,6-9,11H2,1H3;5H,1-4H2,(H,10,11). The molecule has 0 radical (unpaired) electrons. The maximum absolute atomic E-state index is 12.2. The van der Waals surface area contributed by atoms with Gasteiger partial charge in [0.25, 0.3) is 0 Å². The molecule has 0 amide bonds. The lowest BCUT2D eigenvalue weighted by molar-refractivity contribution is 0.0931. The van der Waals surface area contributed by atoms with Crippen LogP contribution in [0.2, 0.25) is 0 Å². The van der Waals surface area contributed by atoms with Gasteiger partial charge in [0.2, 0.25) is 0 Å². The molecule has 3 aromatic rings. The van der Waals surface area contributed by atoms with Crippen LogP contribution in [0.1, 0.15) is 76.2 Å². The Labute approximate surface area is 192 Å². The van der Waals surface area contributed by atoms with Crippen molar-refractivity contribution in [2.75, 3.05) is 7.11 Å². The van der Waals surface area contributed by atoms with E-state index in [0.717, 1.165) is 47.5 Å². The maximum atomic E-state index is 12.2. The van der Waals surface area contributed by atoms with Crippen LogP contribution in [0.3, 0.4) is 0 Å². The normalized spacial score (nSPS) is 20.6. The van der Waals surface area contributed by atoms with Crippen molar-refractivity contribution in [3.8, 4) is 5.75 Å². The second-order valence-corrected chi connectivity index (χ2v) is 10.3. The molecule has 33 heavy (non-hydrogen) atoms. The van der Waals surface area contributed by atoms with E-state index in [9.17, 15) is 9.59 Å². The molecule has 7 rings (SSSR count). The van der Waals surface area contributed by atoms with E-state index in [1.54, 1.807) is 19.5 Å². The molecule has 170 valence electrons. The monoisotopic (exact) mass is 444 g/mol. The third-order valence-corrected chi connectivity index (χ3v) is 7.84. The van der Waals surface area contributed by atoms with E-state index in [2.05, 4.69) is 15.3 Å². The van der Waals surface area contributed by atoms with E-state index in [-0.39, 0.29) is 17.0 Å². The summed E-state index contributed by atoms with van der Waals surface area (Å²) in [5, 5.41) is 11.3. The van der Waals surface area contributed by atoms with Crippen LogP contribution in [-0.2, 0) is 19.4 Å². The predicted octanol–water partition coefficient (Wildman–Crippen LogP) is 4.17. The quantitative estimate of drug-likeness (QED) is 0.655. The minimum absolute atomic E-state index is 0.266. The van der Waals surface area contributed by atoms with E-state index in [1.807, 2.05) is 28.9 Å². The molecule has 1 N–H and O–H groups in total. The van der Waals surface area contributed by atoms with Crippen LogP contribution in [-0.4, -0.2) is 38.7 Å². The van der Waals surface area contributed by atoms with E-state index in [0.29, 0.717) is 18.4 Å². The van der Waals surface area contributed by atoms with Gasteiger partial charge in [0, 0.05) is 18.5 Å². The fraction of sp³-hybridized carbons (Fsp3) is 0.462. The minimum Gasteiger partial charge on any atom is -0.497 e. The molecule has 0 unspecified atom stereocenters. The summed E-state index contributed by atoms with van der Waals surface area (Å²) in [5.74, 6) is 1.41. The number of nitrogens with zero attached hydrogens (tertiary/aromatic N) is 3. The first kappa shape index (κ1) is 20.4. The van der Waals surface area contributed by atoms with Crippen molar-refractivity contribution in [3.05, 3.63) is 64.7 Å². The molecular weight excluding hydrogens is 416 g/mol. The zero-order valence-corrected chi connectivity index (χ0v) is 18.9. The highest BCUT2D eigenvalue weighted by Gasteiger charge is 2.49. The van der Waals surface area contributed by atoms with Crippen LogP contribution >= 0.6 is 0 Å². The Bertz CT molecular complexity index is 1230. The summed E-state index contributed by atoms with van der Waals surface area (Å²) in [6, 6.07) is 8.01. The predicted molar refractivity (Wildman–Crippen MR) is 122 cm³/mol. The first-order valence-electron chi connectivity index (χ1n) is 11.7. The number of aromatic nitrogens is 4. The van der Waals surface area contributed by atoms with Gasteiger partial charge in [-0.05, 0) is 67.1 Å². The average molecular weight is 445 g/mol. The summed E-state index contributed by atoms with van der Waals surface area (Å²) in [5.41, 5.74) is 5.62. The molecule has 2 aromatic heterocycles. The third kappa shape index (κ3) is 3.79. The smallest absolute Gasteiger partial charge is 0.166 e. The first-order chi connectivity index (χ1) is 16.0. The number of carbonyl (C=O) groups is 2. The number of rotatable bonds is 3. The highest BCUT2D eigenvalue weighted by molar-refractivity contribution is 5.99. The van der Waals surface area contributed by atoms with Crippen LogP contribution in [0.25, 0.3) is 0 Å². The fourth-order valence-electron chi connectivity index (χ4n) is 5.35.